The zero-order valence-electron chi connectivity index (χ0n) is 7.36. The molecule has 0 aliphatic heterocycles. The van der Waals surface area contributed by atoms with Crippen LogP contribution in [-0.2, 0) is 0 Å². The summed E-state index contributed by atoms with van der Waals surface area (Å²) in [6.07, 6.45) is -5.05. The largest absolute Gasteiger partial charge is 0.382 e. The summed E-state index contributed by atoms with van der Waals surface area (Å²) in [6.45, 7) is -0.192. The molecule has 1 atom stereocenters. The monoisotopic (exact) mass is 326 g/mol. The molecule has 1 unspecified atom stereocenters. The maximum atomic E-state index is 12.6. The Labute approximate surface area is 91.9 Å². The van der Waals surface area contributed by atoms with Gasteiger partial charge in [0, 0.05) is 0 Å². The Morgan fingerprint density at radius 3 is 1.31 bits per heavy atom. The van der Waals surface area contributed by atoms with E-state index in [9.17, 15) is 39.5 Å². The smallest absolute Gasteiger partial charge is 0.225 e. The van der Waals surface area contributed by atoms with Gasteiger partial charge < -0.3 is 0 Å². The number of halogens is 10. The molecule has 0 aromatic heterocycles. The Hall–Kier alpha value is -0.150. The quantitative estimate of drug-likeness (QED) is 0.535. The van der Waals surface area contributed by atoms with E-state index in [-0.39, 0.29) is 6.92 Å². The van der Waals surface area contributed by atoms with Gasteiger partial charge >= 0.3 is 24.2 Å². The van der Waals surface area contributed by atoms with Gasteiger partial charge in [-0.15, -0.1) is 0 Å². The number of hydrogen-bond acceptors (Lipinski definition) is 0. The van der Waals surface area contributed by atoms with Gasteiger partial charge in [-0.3, -0.25) is 0 Å². The predicted molar refractivity (Wildman–Crippen MR) is 39.3 cm³/mol. The first-order valence-corrected chi connectivity index (χ1v) is 4.28. The fourth-order valence-corrected chi connectivity index (χ4v) is 0.871. The molecule has 10 heteroatoms. The molecular weight excluding hydrogens is 323 g/mol. The minimum atomic E-state index is -6.54. The third-order valence-corrected chi connectivity index (χ3v) is 2.14. The lowest BCUT2D eigenvalue weighted by Crippen LogP contribution is -2.63. The molecule has 0 amide bonds. The van der Waals surface area contributed by atoms with Crippen LogP contribution in [-0.4, -0.2) is 28.8 Å². The summed E-state index contributed by atoms with van der Waals surface area (Å²) < 4.78 is 106. The second-order valence-electron chi connectivity index (χ2n) is 2.96. The summed E-state index contributed by atoms with van der Waals surface area (Å²) in [5, 5.41) is 0. The highest BCUT2D eigenvalue weighted by Crippen LogP contribution is 2.55. The van der Waals surface area contributed by atoms with Crippen molar-refractivity contribution in [1.29, 1.82) is 0 Å². The lowest BCUT2D eigenvalue weighted by molar-refractivity contribution is -0.352. The van der Waals surface area contributed by atoms with Crippen molar-refractivity contribution in [3.05, 3.63) is 0 Å². The van der Waals surface area contributed by atoms with E-state index in [0.717, 1.165) is 0 Å². The van der Waals surface area contributed by atoms with Crippen LogP contribution in [0.3, 0.4) is 0 Å². The maximum Gasteiger partial charge on any atom is 0.382 e. The van der Waals surface area contributed by atoms with E-state index in [4.69, 9.17) is 0 Å². The van der Waals surface area contributed by atoms with Crippen molar-refractivity contribution in [2.45, 2.75) is 35.7 Å². The van der Waals surface area contributed by atoms with Crippen LogP contribution < -0.4 is 0 Å². The van der Waals surface area contributed by atoms with E-state index in [1.165, 1.54) is 15.9 Å². The molecule has 0 spiro atoms. The molecule has 0 saturated carbocycles. The van der Waals surface area contributed by atoms with Gasteiger partial charge in [0.2, 0.25) is 4.58 Å². The lowest BCUT2D eigenvalue weighted by Gasteiger charge is -2.36. The topological polar surface area (TPSA) is 0 Å². The average molecular weight is 327 g/mol. The van der Waals surface area contributed by atoms with Crippen LogP contribution in [0.4, 0.5) is 39.5 Å². The number of alkyl halides is 10. The summed E-state index contributed by atoms with van der Waals surface area (Å²) >= 11 is 1.40. The summed E-state index contributed by atoms with van der Waals surface area (Å²) in [7, 11) is 0. The van der Waals surface area contributed by atoms with Gasteiger partial charge in [0.05, 0.1) is 0 Å². The third kappa shape index (κ3) is 2.12. The van der Waals surface area contributed by atoms with Crippen molar-refractivity contribution in [3.8, 4) is 0 Å². The van der Waals surface area contributed by atoms with Gasteiger partial charge in [-0.05, 0) is 22.9 Å². The molecule has 0 aliphatic rings. The molecule has 0 aliphatic carbocycles. The molecule has 0 nitrogen and oxygen atoms in total. The van der Waals surface area contributed by atoms with E-state index >= 15 is 0 Å². The fourth-order valence-electron chi connectivity index (χ4n) is 0.622. The maximum absolute atomic E-state index is 12.6. The zero-order valence-corrected chi connectivity index (χ0v) is 8.94. The Morgan fingerprint density at radius 1 is 0.812 bits per heavy atom. The van der Waals surface area contributed by atoms with Crippen LogP contribution in [0.5, 0.6) is 0 Å². The van der Waals surface area contributed by atoms with Gasteiger partial charge in [0.1, 0.15) is 0 Å². The molecule has 0 aromatic carbocycles. The summed E-state index contributed by atoms with van der Waals surface area (Å²) in [5.74, 6) is -18.9. The third-order valence-electron chi connectivity index (χ3n) is 1.64. The highest BCUT2D eigenvalue weighted by Gasteiger charge is 2.80. The van der Waals surface area contributed by atoms with Crippen LogP contribution in [0.1, 0.15) is 6.92 Å². The van der Waals surface area contributed by atoms with Crippen molar-refractivity contribution < 1.29 is 39.5 Å². The second kappa shape index (κ2) is 3.95. The second-order valence-corrected chi connectivity index (χ2v) is 4.45. The Balaban J connectivity index is 5.53. The molecule has 0 aromatic rings. The fraction of sp³-hybridized carbons (Fsp3) is 1.00. The molecule has 0 radical (unpaired) electrons. The minimum Gasteiger partial charge on any atom is -0.225 e. The first kappa shape index (κ1) is 15.9. The van der Waals surface area contributed by atoms with Gasteiger partial charge in [0.25, 0.3) is 0 Å². The molecule has 98 valence electrons. The van der Waals surface area contributed by atoms with Gasteiger partial charge in [-0.25, -0.2) is 13.2 Å². The molecule has 0 fully saturated rings. The lowest BCUT2D eigenvalue weighted by atomic mass is 10.0. The normalized spacial score (nSPS) is 18.8. The molecule has 16 heavy (non-hydrogen) atoms. The minimum absolute atomic E-state index is 0.192. The molecular formula is C6H4BrF9. The van der Waals surface area contributed by atoms with Gasteiger partial charge in [-0.2, -0.15) is 26.3 Å². The van der Waals surface area contributed by atoms with Crippen molar-refractivity contribution in [2.75, 3.05) is 0 Å². The first-order chi connectivity index (χ1) is 6.69. The predicted octanol–water partition coefficient (Wildman–Crippen LogP) is 4.24. The summed E-state index contributed by atoms with van der Waals surface area (Å²) in [5.41, 5.74) is 0. The van der Waals surface area contributed by atoms with Crippen molar-refractivity contribution in [2.24, 2.45) is 0 Å². The summed E-state index contributed by atoms with van der Waals surface area (Å²) in [4.78, 5) is 0. The Morgan fingerprint density at radius 2 is 1.12 bits per heavy atom. The van der Waals surface area contributed by atoms with Crippen LogP contribution in [0.25, 0.3) is 0 Å². The first-order valence-electron chi connectivity index (χ1n) is 3.49. The number of hydrogen-bond donors (Lipinski definition) is 0. The van der Waals surface area contributed by atoms with Gasteiger partial charge in [-0.1, -0.05) is 0 Å². The molecule has 0 saturated heterocycles. The Kier molecular flexibility index (Phi) is 3.91. The van der Waals surface area contributed by atoms with E-state index in [0.29, 0.717) is 0 Å². The van der Waals surface area contributed by atoms with Crippen LogP contribution in [0, 0.1) is 0 Å². The van der Waals surface area contributed by atoms with E-state index in [1.807, 2.05) is 0 Å². The zero-order chi connectivity index (χ0) is 13.6. The molecule has 0 bridgehead atoms. The van der Waals surface area contributed by atoms with Crippen molar-refractivity contribution in [1.82, 2.24) is 0 Å². The van der Waals surface area contributed by atoms with Crippen LogP contribution in [0.2, 0.25) is 0 Å². The number of rotatable bonds is 4. The van der Waals surface area contributed by atoms with Crippen molar-refractivity contribution >= 4 is 15.9 Å². The van der Waals surface area contributed by atoms with Gasteiger partial charge in [0.15, 0.2) is 0 Å². The average Bonchev–Trinajstić information content (AvgIpc) is 2.00. The van der Waals surface area contributed by atoms with Crippen molar-refractivity contribution in [3.63, 3.8) is 0 Å². The highest BCUT2D eigenvalue weighted by atomic mass is 79.9. The summed E-state index contributed by atoms with van der Waals surface area (Å²) in [6, 6.07) is 0. The standard InChI is InChI=1S/C6H4BrF9/c1-3(7,10)5(13,14)6(15,16)4(11,12)2(8)9/h2H,1H3. The van der Waals surface area contributed by atoms with E-state index in [2.05, 4.69) is 0 Å². The molecule has 0 heterocycles. The van der Waals surface area contributed by atoms with E-state index in [1.54, 1.807) is 0 Å². The van der Waals surface area contributed by atoms with Crippen LogP contribution >= 0.6 is 15.9 Å². The highest BCUT2D eigenvalue weighted by molar-refractivity contribution is 9.10. The molecule has 0 rings (SSSR count). The molecule has 0 N–H and O–H groups in total. The Bertz CT molecular complexity index is 253. The van der Waals surface area contributed by atoms with Crippen LogP contribution in [0.15, 0.2) is 0 Å². The SMILES string of the molecule is CC(F)(Br)C(F)(F)C(F)(F)C(F)(F)C(F)F. The van der Waals surface area contributed by atoms with E-state index < -0.39 is 28.8 Å².